The van der Waals surface area contributed by atoms with Crippen LogP contribution in [0.25, 0.3) is 11.1 Å². The Hall–Kier alpha value is -3.58. The number of hydrogen-bond acceptors (Lipinski definition) is 4. The highest BCUT2D eigenvalue weighted by molar-refractivity contribution is 6.36. The van der Waals surface area contributed by atoms with Gasteiger partial charge in [-0.1, -0.05) is 53.5 Å². The first kappa shape index (κ1) is 28.9. The highest BCUT2D eigenvalue weighted by Crippen LogP contribution is 2.43. The number of allylic oxidation sites excluding steroid dienone is 1. The Kier molecular flexibility index (Phi) is 8.83. The van der Waals surface area contributed by atoms with E-state index in [0.717, 1.165) is 65.1 Å². The number of carboxylic acid groups (broad SMARTS) is 1. The molecular formula is C33H32Cl2N2O4. The Balaban J connectivity index is 1.38. The SMILES string of the molecule is CN(C)C(=O)/C=C/CN1CC[C@H](Oc2ccc(C3=C(c4ccc(Cl)cc4Cl)CCc4cc(C(=O)O)ccc43)cc2)C1. The summed E-state index contributed by atoms with van der Waals surface area (Å²) >= 11 is 12.9. The van der Waals surface area contributed by atoms with Gasteiger partial charge in [0.25, 0.3) is 0 Å². The van der Waals surface area contributed by atoms with Gasteiger partial charge in [-0.05, 0) is 89.1 Å². The molecule has 41 heavy (non-hydrogen) atoms. The third-order valence-corrected chi connectivity index (χ3v) is 8.11. The lowest BCUT2D eigenvalue weighted by molar-refractivity contribution is -0.123. The fourth-order valence-electron chi connectivity index (χ4n) is 5.46. The predicted molar refractivity (Wildman–Crippen MR) is 164 cm³/mol. The molecule has 3 aromatic rings. The number of carbonyl (C=O) groups is 2. The van der Waals surface area contributed by atoms with Crippen LogP contribution in [-0.2, 0) is 11.2 Å². The van der Waals surface area contributed by atoms with Crippen LogP contribution in [0.3, 0.4) is 0 Å². The first-order valence-corrected chi connectivity index (χ1v) is 14.4. The monoisotopic (exact) mass is 590 g/mol. The second-order valence-corrected chi connectivity index (χ2v) is 11.4. The van der Waals surface area contributed by atoms with Crippen molar-refractivity contribution in [3.05, 3.63) is 111 Å². The van der Waals surface area contributed by atoms with Crippen LogP contribution in [0.15, 0.2) is 72.8 Å². The van der Waals surface area contributed by atoms with Gasteiger partial charge in [0.1, 0.15) is 11.9 Å². The number of amides is 1. The van der Waals surface area contributed by atoms with Crippen LogP contribution in [-0.4, -0.2) is 66.6 Å². The topological polar surface area (TPSA) is 70.1 Å². The first-order valence-electron chi connectivity index (χ1n) is 13.6. The van der Waals surface area contributed by atoms with Crippen molar-refractivity contribution in [2.75, 3.05) is 33.7 Å². The lowest BCUT2D eigenvalue weighted by Crippen LogP contribution is -2.25. The third-order valence-electron chi connectivity index (χ3n) is 7.56. The van der Waals surface area contributed by atoms with E-state index in [1.54, 1.807) is 43.3 Å². The Labute approximate surface area is 250 Å². The molecule has 3 aromatic carbocycles. The normalized spacial score (nSPS) is 17.1. The summed E-state index contributed by atoms with van der Waals surface area (Å²) in [6.07, 6.45) is 5.94. The average molecular weight is 592 g/mol. The van der Waals surface area contributed by atoms with E-state index in [2.05, 4.69) is 17.0 Å². The van der Waals surface area contributed by atoms with E-state index in [9.17, 15) is 14.7 Å². The maximum Gasteiger partial charge on any atom is 0.335 e. The van der Waals surface area contributed by atoms with Crippen LogP contribution in [0.4, 0.5) is 0 Å². The molecule has 1 N–H and O–H groups in total. The molecule has 0 aromatic heterocycles. The van der Waals surface area contributed by atoms with E-state index in [1.807, 2.05) is 36.4 Å². The quantitative estimate of drug-likeness (QED) is 0.296. The summed E-state index contributed by atoms with van der Waals surface area (Å²) in [6.45, 7) is 2.42. The van der Waals surface area contributed by atoms with Gasteiger partial charge in [0, 0.05) is 49.9 Å². The van der Waals surface area contributed by atoms with Gasteiger partial charge in [-0.15, -0.1) is 0 Å². The molecule has 1 atom stereocenters. The number of likely N-dealkylation sites (N-methyl/N-ethyl adjacent to an activating group) is 1. The number of carboxylic acids is 1. The second-order valence-electron chi connectivity index (χ2n) is 10.6. The zero-order chi connectivity index (χ0) is 29.1. The number of carbonyl (C=O) groups excluding carboxylic acids is 1. The Bertz CT molecular complexity index is 1530. The van der Waals surface area contributed by atoms with Gasteiger partial charge in [0.05, 0.1) is 5.56 Å². The zero-order valence-electron chi connectivity index (χ0n) is 23.1. The zero-order valence-corrected chi connectivity index (χ0v) is 24.6. The number of benzene rings is 3. The molecule has 5 rings (SSSR count). The molecule has 0 spiro atoms. The number of ether oxygens (including phenoxy) is 1. The maximum atomic E-state index is 11.8. The molecule has 8 heteroatoms. The van der Waals surface area contributed by atoms with Crippen LogP contribution >= 0.6 is 23.2 Å². The van der Waals surface area contributed by atoms with E-state index in [-0.39, 0.29) is 17.6 Å². The molecule has 6 nitrogen and oxygen atoms in total. The van der Waals surface area contributed by atoms with Crippen molar-refractivity contribution in [1.82, 2.24) is 9.80 Å². The summed E-state index contributed by atoms with van der Waals surface area (Å²) in [5.74, 6) is -0.158. The van der Waals surface area contributed by atoms with Gasteiger partial charge < -0.3 is 14.7 Å². The van der Waals surface area contributed by atoms with E-state index in [0.29, 0.717) is 23.0 Å². The molecule has 0 saturated carbocycles. The number of fused-ring (bicyclic) bond motifs is 1. The number of aromatic carboxylic acids is 1. The Morgan fingerprint density at radius 2 is 1.78 bits per heavy atom. The lowest BCUT2D eigenvalue weighted by Gasteiger charge is -2.26. The van der Waals surface area contributed by atoms with Crippen LogP contribution in [0.2, 0.25) is 10.0 Å². The van der Waals surface area contributed by atoms with Crippen molar-refractivity contribution in [1.29, 1.82) is 0 Å². The van der Waals surface area contributed by atoms with Crippen molar-refractivity contribution < 1.29 is 19.4 Å². The van der Waals surface area contributed by atoms with Gasteiger partial charge in [0.2, 0.25) is 5.91 Å². The molecule has 0 bridgehead atoms. The summed E-state index contributed by atoms with van der Waals surface area (Å²) in [7, 11) is 3.48. The molecular weight excluding hydrogens is 559 g/mol. The van der Waals surface area contributed by atoms with Gasteiger partial charge >= 0.3 is 5.97 Å². The van der Waals surface area contributed by atoms with Crippen molar-refractivity contribution in [3.8, 4) is 5.75 Å². The Morgan fingerprint density at radius 3 is 2.49 bits per heavy atom. The van der Waals surface area contributed by atoms with Crippen LogP contribution in [0.5, 0.6) is 5.75 Å². The van der Waals surface area contributed by atoms with Crippen molar-refractivity contribution in [3.63, 3.8) is 0 Å². The predicted octanol–water partition coefficient (Wildman–Crippen LogP) is 6.69. The summed E-state index contributed by atoms with van der Waals surface area (Å²) in [4.78, 5) is 27.2. The fourth-order valence-corrected chi connectivity index (χ4v) is 5.98. The number of halogens is 2. The largest absolute Gasteiger partial charge is 0.489 e. The second kappa shape index (κ2) is 12.5. The van der Waals surface area contributed by atoms with E-state index < -0.39 is 5.97 Å². The molecule has 1 aliphatic carbocycles. The van der Waals surface area contributed by atoms with Crippen molar-refractivity contribution in [2.45, 2.75) is 25.4 Å². The van der Waals surface area contributed by atoms with Crippen LogP contribution < -0.4 is 4.74 Å². The number of likely N-dealkylation sites (tertiary alicyclic amines) is 1. The van der Waals surface area contributed by atoms with Gasteiger partial charge in [0.15, 0.2) is 0 Å². The molecule has 1 aliphatic heterocycles. The fraction of sp³-hybridized carbons (Fsp3) is 0.273. The molecule has 1 saturated heterocycles. The lowest BCUT2D eigenvalue weighted by atomic mass is 9.79. The van der Waals surface area contributed by atoms with Crippen molar-refractivity contribution >= 4 is 46.2 Å². The first-order chi connectivity index (χ1) is 19.7. The Morgan fingerprint density at radius 1 is 1.02 bits per heavy atom. The van der Waals surface area contributed by atoms with E-state index in [4.69, 9.17) is 27.9 Å². The molecule has 0 radical (unpaired) electrons. The highest BCUT2D eigenvalue weighted by Gasteiger charge is 2.25. The minimum atomic E-state index is -0.935. The standard InChI is InChI=1S/C33H32Cl2N2O4/c1-36(2)31(38)4-3-16-37-17-15-26(20-37)41-25-10-5-21(6-11-25)32-27-12-8-23(33(39)40)18-22(27)7-13-29(32)28-14-9-24(34)19-30(28)35/h3-6,8-12,14,18-19,26H,7,13,15-17,20H2,1-2H3,(H,39,40)/b4-3+/t26-/m0/s1. The summed E-state index contributed by atoms with van der Waals surface area (Å²) < 4.78 is 6.31. The van der Waals surface area contributed by atoms with Gasteiger partial charge in [-0.25, -0.2) is 4.79 Å². The van der Waals surface area contributed by atoms with Crippen LogP contribution in [0, 0.1) is 0 Å². The smallest absolute Gasteiger partial charge is 0.335 e. The van der Waals surface area contributed by atoms with E-state index in [1.165, 1.54) is 0 Å². The molecule has 2 aliphatic rings. The molecule has 1 fully saturated rings. The number of rotatable bonds is 8. The highest BCUT2D eigenvalue weighted by atomic mass is 35.5. The number of hydrogen-bond donors (Lipinski definition) is 1. The van der Waals surface area contributed by atoms with Crippen molar-refractivity contribution in [2.24, 2.45) is 0 Å². The van der Waals surface area contributed by atoms with Gasteiger partial charge in [-0.3, -0.25) is 9.69 Å². The summed E-state index contributed by atoms with van der Waals surface area (Å²) in [5.41, 5.74) is 6.35. The summed E-state index contributed by atoms with van der Waals surface area (Å²) in [6, 6.07) is 18.9. The number of nitrogens with zero attached hydrogens (tertiary/aromatic N) is 2. The average Bonchev–Trinajstić information content (AvgIpc) is 3.39. The maximum absolute atomic E-state index is 11.8. The molecule has 1 heterocycles. The molecule has 212 valence electrons. The number of aryl methyl sites for hydroxylation is 1. The summed E-state index contributed by atoms with van der Waals surface area (Å²) in [5, 5.41) is 10.7. The molecule has 1 amide bonds. The third kappa shape index (κ3) is 6.67. The minimum Gasteiger partial charge on any atom is -0.489 e. The van der Waals surface area contributed by atoms with E-state index >= 15 is 0 Å². The van der Waals surface area contributed by atoms with Crippen LogP contribution in [0.1, 0.15) is 45.5 Å². The molecule has 0 unspecified atom stereocenters. The minimum absolute atomic E-state index is 0.0170. The van der Waals surface area contributed by atoms with Gasteiger partial charge in [-0.2, -0.15) is 0 Å².